The van der Waals surface area contributed by atoms with Crippen LogP contribution in [0.5, 0.6) is 0 Å². The van der Waals surface area contributed by atoms with Crippen LogP contribution in [-0.2, 0) is 12.8 Å². The van der Waals surface area contributed by atoms with E-state index < -0.39 is 5.97 Å². The Balaban J connectivity index is 1.87. The molecule has 29 heavy (non-hydrogen) atoms. The summed E-state index contributed by atoms with van der Waals surface area (Å²) in [5, 5.41) is 12.4. The number of thiophene rings is 1. The van der Waals surface area contributed by atoms with Crippen LogP contribution in [0.15, 0.2) is 36.4 Å². The van der Waals surface area contributed by atoms with Crippen molar-refractivity contribution in [3.8, 4) is 10.7 Å². The zero-order valence-corrected chi connectivity index (χ0v) is 18.0. The summed E-state index contributed by atoms with van der Waals surface area (Å²) >= 11 is 1.76. The van der Waals surface area contributed by atoms with E-state index in [-0.39, 0.29) is 5.56 Å². The molecule has 1 aromatic carbocycles. The minimum atomic E-state index is -0.932. The molecular formula is C23H27N3O2S. The number of benzene rings is 1. The minimum Gasteiger partial charge on any atom is -0.478 e. The molecule has 0 amide bonds. The molecule has 0 unspecified atom stereocenters. The highest BCUT2D eigenvalue weighted by molar-refractivity contribution is 7.15. The van der Waals surface area contributed by atoms with Crippen molar-refractivity contribution in [3.05, 3.63) is 58.1 Å². The van der Waals surface area contributed by atoms with Crippen LogP contribution in [0, 0.1) is 6.92 Å². The molecule has 0 aliphatic carbocycles. The highest BCUT2D eigenvalue weighted by Gasteiger charge is 2.14. The molecule has 5 nitrogen and oxygen atoms in total. The maximum absolute atomic E-state index is 11.1. The fourth-order valence-electron chi connectivity index (χ4n) is 3.25. The number of rotatable bonds is 9. The van der Waals surface area contributed by atoms with E-state index in [1.165, 1.54) is 24.1 Å². The van der Waals surface area contributed by atoms with Crippen molar-refractivity contribution < 1.29 is 9.90 Å². The van der Waals surface area contributed by atoms with Gasteiger partial charge in [0.15, 0.2) is 5.82 Å². The van der Waals surface area contributed by atoms with Gasteiger partial charge >= 0.3 is 5.97 Å². The minimum absolute atomic E-state index is 0.264. The van der Waals surface area contributed by atoms with Gasteiger partial charge in [0.1, 0.15) is 5.82 Å². The second-order valence-electron chi connectivity index (χ2n) is 7.04. The van der Waals surface area contributed by atoms with Gasteiger partial charge in [-0.15, -0.1) is 11.3 Å². The molecule has 3 rings (SSSR count). The Kier molecular flexibility index (Phi) is 6.99. The van der Waals surface area contributed by atoms with E-state index in [9.17, 15) is 4.79 Å². The predicted octanol–water partition coefficient (Wildman–Crippen LogP) is 6.25. The molecule has 0 saturated carbocycles. The highest BCUT2D eigenvalue weighted by atomic mass is 32.1. The molecule has 152 valence electrons. The van der Waals surface area contributed by atoms with Crippen molar-refractivity contribution in [1.29, 1.82) is 0 Å². The second-order valence-corrected chi connectivity index (χ2v) is 8.21. The first-order chi connectivity index (χ1) is 14.0. The molecule has 6 heteroatoms. The number of nitrogens with one attached hydrogen (secondary N) is 1. The number of anilines is 2. The molecular weight excluding hydrogens is 382 g/mol. The van der Waals surface area contributed by atoms with E-state index in [2.05, 4.69) is 31.3 Å². The van der Waals surface area contributed by atoms with Crippen LogP contribution in [0.2, 0.25) is 0 Å². The Bertz CT molecular complexity index is 980. The number of unbranched alkanes of at least 4 members (excludes halogenated alkanes) is 2. The summed E-state index contributed by atoms with van der Waals surface area (Å²) in [6.45, 7) is 6.31. The van der Waals surface area contributed by atoms with Gasteiger partial charge in [-0.3, -0.25) is 0 Å². The lowest BCUT2D eigenvalue weighted by molar-refractivity contribution is 0.0697. The van der Waals surface area contributed by atoms with E-state index in [0.29, 0.717) is 0 Å². The lowest BCUT2D eigenvalue weighted by atomic mass is 10.1. The summed E-state index contributed by atoms with van der Waals surface area (Å²) in [6, 6.07) is 11.0. The lowest BCUT2D eigenvalue weighted by Crippen LogP contribution is -2.05. The van der Waals surface area contributed by atoms with Gasteiger partial charge < -0.3 is 10.4 Å². The molecule has 2 aromatic heterocycles. The second kappa shape index (κ2) is 9.65. The number of carbonyl (C=O) groups is 1. The van der Waals surface area contributed by atoms with Gasteiger partial charge in [0.05, 0.1) is 10.4 Å². The molecule has 0 saturated heterocycles. The van der Waals surface area contributed by atoms with Crippen LogP contribution in [0.4, 0.5) is 11.5 Å². The number of nitrogens with zero attached hydrogens (tertiary/aromatic N) is 2. The van der Waals surface area contributed by atoms with Gasteiger partial charge in [0.25, 0.3) is 0 Å². The number of hydrogen-bond acceptors (Lipinski definition) is 5. The van der Waals surface area contributed by atoms with Crippen molar-refractivity contribution in [2.24, 2.45) is 0 Å². The van der Waals surface area contributed by atoms with Crippen molar-refractivity contribution >= 4 is 28.8 Å². The van der Waals surface area contributed by atoms with Crippen molar-refractivity contribution in [1.82, 2.24) is 9.97 Å². The van der Waals surface area contributed by atoms with E-state index in [1.54, 1.807) is 35.6 Å². The van der Waals surface area contributed by atoms with E-state index in [1.807, 2.05) is 6.92 Å². The van der Waals surface area contributed by atoms with Gasteiger partial charge in [0.2, 0.25) is 0 Å². The zero-order chi connectivity index (χ0) is 20.8. The first kappa shape index (κ1) is 21.0. The standard InChI is InChI=1S/C23H27N3O2S/c1-4-6-7-8-18-13-14-20(29-18)22-24-15(3)19(5-2)21(26-22)25-17-11-9-16(10-12-17)23(27)28/h9-14H,4-8H2,1-3H3,(H,27,28)(H,24,25,26). The Morgan fingerprint density at radius 1 is 1.07 bits per heavy atom. The predicted molar refractivity (Wildman–Crippen MR) is 119 cm³/mol. The van der Waals surface area contributed by atoms with Crippen molar-refractivity contribution in [3.63, 3.8) is 0 Å². The summed E-state index contributed by atoms with van der Waals surface area (Å²) in [5.41, 5.74) is 3.10. The van der Waals surface area contributed by atoms with Crippen LogP contribution in [0.25, 0.3) is 10.7 Å². The number of carboxylic acids is 1. The monoisotopic (exact) mass is 409 g/mol. The average molecular weight is 410 g/mol. The van der Waals surface area contributed by atoms with E-state index >= 15 is 0 Å². The summed E-state index contributed by atoms with van der Waals surface area (Å²) in [5.74, 6) is 0.577. The summed E-state index contributed by atoms with van der Waals surface area (Å²) in [7, 11) is 0. The van der Waals surface area contributed by atoms with Gasteiger partial charge in [-0.05, 0) is 62.6 Å². The summed E-state index contributed by atoms with van der Waals surface area (Å²) in [6.07, 6.45) is 5.61. The third-order valence-corrected chi connectivity index (χ3v) is 6.01. The molecule has 0 atom stereocenters. The maximum atomic E-state index is 11.1. The Hall–Kier alpha value is -2.73. The van der Waals surface area contributed by atoms with Crippen LogP contribution in [-0.4, -0.2) is 21.0 Å². The molecule has 0 radical (unpaired) electrons. The molecule has 0 aliphatic rings. The SMILES string of the molecule is CCCCCc1ccc(-c2nc(C)c(CC)c(Nc3ccc(C(=O)O)cc3)n2)s1. The number of aromatic nitrogens is 2. The Labute approximate surface area is 175 Å². The van der Waals surface area contributed by atoms with Gasteiger partial charge in [-0.1, -0.05) is 26.7 Å². The molecule has 2 N–H and O–H groups in total. The normalized spacial score (nSPS) is 10.9. The fraction of sp³-hybridized carbons (Fsp3) is 0.348. The van der Waals surface area contributed by atoms with Crippen LogP contribution in [0.3, 0.4) is 0 Å². The largest absolute Gasteiger partial charge is 0.478 e. The number of aryl methyl sites for hydroxylation is 2. The topological polar surface area (TPSA) is 75.1 Å². The third kappa shape index (κ3) is 5.21. The van der Waals surface area contributed by atoms with Gasteiger partial charge in [0, 0.05) is 21.8 Å². The summed E-state index contributed by atoms with van der Waals surface area (Å²) < 4.78 is 0. The fourth-order valence-corrected chi connectivity index (χ4v) is 4.23. The number of hydrogen-bond donors (Lipinski definition) is 2. The molecule has 0 fully saturated rings. The molecule has 0 aliphatic heterocycles. The van der Waals surface area contributed by atoms with Crippen molar-refractivity contribution in [2.75, 3.05) is 5.32 Å². The first-order valence-corrected chi connectivity index (χ1v) is 10.9. The van der Waals surface area contributed by atoms with E-state index in [4.69, 9.17) is 15.1 Å². The number of carboxylic acid groups (broad SMARTS) is 1. The highest BCUT2D eigenvalue weighted by Crippen LogP contribution is 2.30. The van der Waals surface area contributed by atoms with Crippen LogP contribution >= 0.6 is 11.3 Å². The molecule has 3 aromatic rings. The lowest BCUT2D eigenvalue weighted by Gasteiger charge is -2.13. The molecule has 0 spiro atoms. The smallest absolute Gasteiger partial charge is 0.335 e. The third-order valence-electron chi connectivity index (χ3n) is 4.87. The Morgan fingerprint density at radius 3 is 2.48 bits per heavy atom. The Morgan fingerprint density at radius 2 is 1.83 bits per heavy atom. The zero-order valence-electron chi connectivity index (χ0n) is 17.2. The molecule has 0 bridgehead atoms. The first-order valence-electron chi connectivity index (χ1n) is 10.1. The number of aromatic carboxylic acids is 1. The van der Waals surface area contributed by atoms with Crippen LogP contribution < -0.4 is 5.32 Å². The quantitative estimate of drug-likeness (QED) is 0.409. The van der Waals surface area contributed by atoms with E-state index in [0.717, 1.165) is 46.3 Å². The van der Waals surface area contributed by atoms with Crippen molar-refractivity contribution in [2.45, 2.75) is 52.9 Å². The van der Waals surface area contributed by atoms with Gasteiger partial charge in [-0.2, -0.15) is 0 Å². The molecule has 2 heterocycles. The summed E-state index contributed by atoms with van der Waals surface area (Å²) in [4.78, 5) is 23.1. The van der Waals surface area contributed by atoms with Crippen LogP contribution in [0.1, 0.15) is 59.6 Å². The maximum Gasteiger partial charge on any atom is 0.335 e. The average Bonchev–Trinajstić information content (AvgIpc) is 3.17. The van der Waals surface area contributed by atoms with Gasteiger partial charge in [-0.25, -0.2) is 14.8 Å².